The zero-order valence-corrected chi connectivity index (χ0v) is 19.6. The second-order valence-corrected chi connectivity index (χ2v) is 10.3. The monoisotopic (exact) mass is 472 g/mol. The first kappa shape index (κ1) is 21.7. The van der Waals surface area contributed by atoms with Gasteiger partial charge in [0.2, 0.25) is 0 Å². The van der Waals surface area contributed by atoms with E-state index in [2.05, 4.69) is 31.0 Å². The summed E-state index contributed by atoms with van der Waals surface area (Å²) in [5.74, 6) is 4.40. The summed E-state index contributed by atoms with van der Waals surface area (Å²) in [4.78, 5) is 17.2. The van der Waals surface area contributed by atoms with Gasteiger partial charge in [0.1, 0.15) is 12.2 Å². The topological polar surface area (TPSA) is 113 Å². The number of hydrogen-bond acceptors (Lipinski definition) is 6. The Hall–Kier alpha value is -4.18. The molecule has 0 aliphatic carbocycles. The number of anilines is 2. The van der Waals surface area contributed by atoms with Gasteiger partial charge in [-0.3, -0.25) is 4.98 Å². The number of nitrogens with zero attached hydrogens (tertiary/aromatic N) is 5. The second kappa shape index (κ2) is 8.64. The third-order valence-corrected chi connectivity index (χ3v) is 5.77. The highest BCUT2D eigenvalue weighted by Crippen LogP contribution is 2.29. The van der Waals surface area contributed by atoms with Crippen LogP contribution in [0.4, 0.5) is 11.4 Å². The molecule has 0 spiro atoms. The molecule has 1 atom stereocenters. The smallest absolute Gasteiger partial charge is 0.155 e. The minimum absolute atomic E-state index is 0.458. The van der Waals surface area contributed by atoms with Gasteiger partial charge < -0.3 is 15.0 Å². The summed E-state index contributed by atoms with van der Waals surface area (Å²) in [7, 11) is -2.35. The molecule has 4 aromatic heterocycles. The van der Waals surface area contributed by atoms with Crippen molar-refractivity contribution in [2.24, 2.45) is 0 Å². The van der Waals surface area contributed by atoms with Crippen LogP contribution in [0, 0.1) is 6.92 Å². The molecular formula is C24H24N8OS. The minimum atomic E-state index is -2.35. The first-order valence-corrected chi connectivity index (χ1v) is 12.7. The number of H-pyrrole nitrogens is 1. The van der Waals surface area contributed by atoms with Gasteiger partial charge in [0.05, 0.1) is 23.6 Å². The molecule has 0 aliphatic heterocycles. The van der Waals surface area contributed by atoms with Gasteiger partial charge in [-0.05, 0) is 55.3 Å². The van der Waals surface area contributed by atoms with Gasteiger partial charge in [0.25, 0.3) is 0 Å². The summed E-state index contributed by atoms with van der Waals surface area (Å²) >= 11 is 0. The number of rotatable bonds is 7. The number of imidazole rings is 1. The van der Waals surface area contributed by atoms with Crippen LogP contribution in [0.1, 0.15) is 11.5 Å². The molecule has 0 bridgehead atoms. The number of aryl methyl sites for hydroxylation is 1. The average Bonchev–Trinajstić information content (AvgIpc) is 3.43. The molecule has 0 radical (unpaired) electrons. The number of nitrogens with one attached hydrogen (secondary N) is 3. The molecule has 10 heteroatoms. The predicted molar refractivity (Wildman–Crippen MR) is 137 cm³/mol. The van der Waals surface area contributed by atoms with Crippen LogP contribution in [-0.4, -0.2) is 45.9 Å². The van der Waals surface area contributed by atoms with Crippen LogP contribution in [0.3, 0.4) is 0 Å². The zero-order valence-electron chi connectivity index (χ0n) is 18.8. The molecule has 1 aromatic carbocycles. The fourth-order valence-electron chi connectivity index (χ4n) is 3.67. The van der Waals surface area contributed by atoms with Gasteiger partial charge in [-0.2, -0.15) is 5.10 Å². The van der Waals surface area contributed by atoms with E-state index in [1.54, 1.807) is 10.8 Å². The maximum Gasteiger partial charge on any atom is 0.155 e. The van der Waals surface area contributed by atoms with Crippen molar-refractivity contribution in [1.82, 2.24) is 29.5 Å². The number of aromatic amines is 1. The molecular weight excluding hydrogens is 448 g/mol. The molecule has 0 amide bonds. The maximum atomic E-state index is 12.0. The molecule has 1 unspecified atom stereocenters. The predicted octanol–water partition coefficient (Wildman–Crippen LogP) is 3.78. The van der Waals surface area contributed by atoms with Crippen LogP contribution in [0.15, 0.2) is 67.1 Å². The van der Waals surface area contributed by atoms with Crippen molar-refractivity contribution in [3.05, 3.63) is 78.6 Å². The van der Waals surface area contributed by atoms with Crippen molar-refractivity contribution in [2.75, 3.05) is 16.3 Å². The van der Waals surface area contributed by atoms with Gasteiger partial charge in [-0.15, -0.1) is 0 Å². The molecule has 4 heterocycles. The third kappa shape index (κ3) is 4.76. The van der Waals surface area contributed by atoms with Crippen molar-refractivity contribution in [3.63, 3.8) is 0 Å². The summed E-state index contributed by atoms with van der Waals surface area (Å²) in [6, 6.07) is 17.4. The fraction of sp³-hybridized carbons (Fsp3) is 0.125. The van der Waals surface area contributed by atoms with Crippen molar-refractivity contribution < 1.29 is 4.21 Å². The van der Waals surface area contributed by atoms with Gasteiger partial charge >= 0.3 is 0 Å². The lowest BCUT2D eigenvalue weighted by Gasteiger charge is -2.10. The lowest BCUT2D eigenvalue weighted by atomic mass is 10.1. The molecule has 5 aromatic rings. The van der Waals surface area contributed by atoms with E-state index in [0.717, 1.165) is 51.2 Å². The molecule has 0 fully saturated rings. The zero-order chi connectivity index (χ0) is 23.7. The van der Waals surface area contributed by atoms with E-state index in [-0.39, 0.29) is 0 Å². The standard InChI is InChI=1S/C24H24N8OS/c1-16-6-4-9-20(28-16)24-23(17-10-11-22-26-15-27-32(22)14-17)29-21(30-24)13-25-18-7-5-8-19(12-18)31-34(2,3)33/h4-12,14-15,25H,2,13H2,1,3H3,(H,29,30)(H,31,33). The normalized spacial score (nSPS) is 13.0. The van der Waals surface area contributed by atoms with Crippen molar-refractivity contribution in [1.29, 1.82) is 0 Å². The molecule has 34 heavy (non-hydrogen) atoms. The minimum Gasteiger partial charge on any atom is -0.378 e. The Bertz CT molecular complexity index is 1590. The van der Waals surface area contributed by atoms with E-state index in [4.69, 9.17) is 9.97 Å². The first-order chi connectivity index (χ1) is 16.3. The van der Waals surface area contributed by atoms with E-state index < -0.39 is 9.71 Å². The first-order valence-electron chi connectivity index (χ1n) is 10.6. The van der Waals surface area contributed by atoms with E-state index >= 15 is 0 Å². The Morgan fingerprint density at radius 1 is 1.09 bits per heavy atom. The molecule has 0 aliphatic rings. The van der Waals surface area contributed by atoms with E-state index in [1.165, 1.54) is 6.33 Å². The summed E-state index contributed by atoms with van der Waals surface area (Å²) in [5, 5.41) is 7.62. The van der Waals surface area contributed by atoms with E-state index in [0.29, 0.717) is 6.54 Å². The lowest BCUT2D eigenvalue weighted by Crippen LogP contribution is -2.09. The van der Waals surface area contributed by atoms with E-state index in [1.807, 2.05) is 67.7 Å². The summed E-state index contributed by atoms with van der Waals surface area (Å²) < 4.78 is 16.6. The molecule has 0 saturated heterocycles. The molecule has 9 nitrogen and oxygen atoms in total. The average molecular weight is 473 g/mol. The van der Waals surface area contributed by atoms with Crippen LogP contribution >= 0.6 is 0 Å². The summed E-state index contributed by atoms with van der Waals surface area (Å²) in [6.07, 6.45) is 5.00. The number of aromatic nitrogens is 6. The van der Waals surface area contributed by atoms with Crippen LogP contribution in [0.5, 0.6) is 0 Å². The molecule has 5 rings (SSSR count). The highest BCUT2D eigenvalue weighted by Gasteiger charge is 2.16. The van der Waals surface area contributed by atoms with Crippen LogP contribution in [0.2, 0.25) is 0 Å². The quantitative estimate of drug-likeness (QED) is 0.311. The fourth-order valence-corrected chi connectivity index (χ4v) is 4.29. The number of fused-ring (bicyclic) bond motifs is 1. The number of benzene rings is 1. The third-order valence-electron chi connectivity index (χ3n) is 5.10. The highest BCUT2D eigenvalue weighted by molar-refractivity contribution is 8.00. The van der Waals surface area contributed by atoms with Crippen molar-refractivity contribution >= 4 is 32.6 Å². The van der Waals surface area contributed by atoms with Crippen molar-refractivity contribution in [2.45, 2.75) is 13.5 Å². The van der Waals surface area contributed by atoms with E-state index in [9.17, 15) is 4.21 Å². The highest BCUT2D eigenvalue weighted by atomic mass is 32.2. The summed E-state index contributed by atoms with van der Waals surface area (Å²) in [6.45, 7) is 2.42. The second-order valence-electron chi connectivity index (χ2n) is 8.09. The Balaban J connectivity index is 1.48. The van der Waals surface area contributed by atoms with Crippen LogP contribution in [0.25, 0.3) is 28.3 Å². The largest absolute Gasteiger partial charge is 0.378 e. The van der Waals surface area contributed by atoms with Crippen LogP contribution < -0.4 is 10.0 Å². The Kier molecular flexibility index (Phi) is 5.50. The Morgan fingerprint density at radius 2 is 1.91 bits per heavy atom. The SMILES string of the molecule is C=S(C)(=O)Nc1cccc(NCc2nc(-c3ccc4ncnn4c3)c(-c3cccc(C)n3)[nH]2)c1. The van der Waals surface area contributed by atoms with Gasteiger partial charge in [0.15, 0.2) is 5.65 Å². The number of pyridine rings is 2. The lowest BCUT2D eigenvalue weighted by molar-refractivity contribution is 0.688. The van der Waals surface area contributed by atoms with Crippen LogP contribution in [-0.2, 0) is 16.3 Å². The van der Waals surface area contributed by atoms with Gasteiger partial charge in [-0.25, -0.2) is 18.7 Å². The van der Waals surface area contributed by atoms with Gasteiger partial charge in [0, 0.05) is 44.8 Å². The Labute approximate surface area is 197 Å². The molecule has 3 N–H and O–H groups in total. The van der Waals surface area contributed by atoms with Gasteiger partial charge in [-0.1, -0.05) is 12.1 Å². The molecule has 0 saturated carbocycles. The number of hydrogen-bond donors (Lipinski definition) is 3. The molecule has 172 valence electrons. The summed E-state index contributed by atoms with van der Waals surface area (Å²) in [5.41, 5.74) is 6.62. The Morgan fingerprint density at radius 3 is 2.74 bits per heavy atom. The maximum absolute atomic E-state index is 12.0. The van der Waals surface area contributed by atoms with Crippen molar-refractivity contribution in [3.8, 4) is 22.6 Å².